The molecule has 2 rings (SSSR count). The summed E-state index contributed by atoms with van der Waals surface area (Å²) >= 11 is 18.3. The van der Waals surface area contributed by atoms with Crippen LogP contribution < -0.4 is 4.74 Å². The number of rotatable bonds is 4. The Morgan fingerprint density at radius 1 is 1.24 bits per heavy atom. The fraction of sp³-hybridized carbons (Fsp3) is 0.143. The second kappa shape index (κ2) is 6.52. The van der Waals surface area contributed by atoms with Crippen LogP contribution in [0.4, 0.5) is 0 Å². The number of benzene rings is 1. The zero-order valence-electron chi connectivity index (χ0n) is 10.9. The largest absolute Gasteiger partial charge is 0.481 e. The summed E-state index contributed by atoms with van der Waals surface area (Å²) in [6, 6.07) is 4.65. The minimum Gasteiger partial charge on any atom is -0.481 e. The van der Waals surface area contributed by atoms with E-state index in [1.807, 2.05) is 0 Å². The average Bonchev–Trinajstić information content (AvgIpc) is 2.38. The van der Waals surface area contributed by atoms with Crippen molar-refractivity contribution in [3.05, 3.63) is 45.0 Å². The maximum Gasteiger partial charge on any atom is 0.307 e. The fourth-order valence-electron chi connectivity index (χ4n) is 1.99. The average molecular weight is 347 g/mol. The highest BCUT2D eigenvalue weighted by Crippen LogP contribution is 2.42. The third-order valence-electron chi connectivity index (χ3n) is 2.79. The van der Waals surface area contributed by atoms with Gasteiger partial charge < -0.3 is 9.84 Å². The number of methoxy groups -OCH3 is 1. The van der Waals surface area contributed by atoms with E-state index >= 15 is 0 Å². The summed E-state index contributed by atoms with van der Waals surface area (Å²) in [5.41, 5.74) is 1.40. The molecule has 4 nitrogen and oxygen atoms in total. The molecule has 21 heavy (non-hydrogen) atoms. The zero-order chi connectivity index (χ0) is 15.6. The van der Waals surface area contributed by atoms with Crippen molar-refractivity contribution in [2.75, 3.05) is 7.11 Å². The Morgan fingerprint density at radius 3 is 2.38 bits per heavy atom. The highest BCUT2D eigenvalue weighted by atomic mass is 35.5. The number of aromatic nitrogens is 1. The summed E-state index contributed by atoms with van der Waals surface area (Å²) in [4.78, 5) is 15.1. The van der Waals surface area contributed by atoms with Crippen LogP contribution in [-0.2, 0) is 11.2 Å². The molecule has 0 saturated heterocycles. The van der Waals surface area contributed by atoms with E-state index in [0.29, 0.717) is 31.8 Å². The lowest BCUT2D eigenvalue weighted by atomic mass is 9.99. The van der Waals surface area contributed by atoms with Crippen molar-refractivity contribution < 1.29 is 14.6 Å². The molecule has 0 aliphatic heterocycles. The van der Waals surface area contributed by atoms with Gasteiger partial charge in [0.1, 0.15) is 0 Å². The third kappa shape index (κ3) is 3.40. The van der Waals surface area contributed by atoms with Crippen molar-refractivity contribution in [2.45, 2.75) is 6.42 Å². The summed E-state index contributed by atoms with van der Waals surface area (Å²) in [6.45, 7) is 0. The highest BCUT2D eigenvalue weighted by molar-refractivity contribution is 6.42. The molecule has 0 amide bonds. The summed E-state index contributed by atoms with van der Waals surface area (Å²) in [5.74, 6) is -0.731. The van der Waals surface area contributed by atoms with Crippen LogP contribution >= 0.6 is 34.8 Å². The molecule has 1 aromatic heterocycles. The maximum absolute atomic E-state index is 11.0. The maximum atomic E-state index is 11.0. The van der Waals surface area contributed by atoms with Crippen LogP contribution in [0.15, 0.2) is 24.4 Å². The summed E-state index contributed by atoms with van der Waals surface area (Å²) < 4.78 is 5.21. The second-order valence-corrected chi connectivity index (χ2v) is 5.42. The Labute approximate surface area is 136 Å². The SMILES string of the molecule is COc1nccc(CC(=O)O)c1-c1c(Cl)cc(Cl)cc1Cl. The summed E-state index contributed by atoms with van der Waals surface area (Å²) in [6.07, 6.45) is 1.27. The molecule has 0 aliphatic carbocycles. The lowest BCUT2D eigenvalue weighted by Crippen LogP contribution is -2.04. The molecule has 1 heterocycles. The normalized spacial score (nSPS) is 10.5. The number of aliphatic carboxylic acids is 1. The van der Waals surface area contributed by atoms with Crippen molar-refractivity contribution >= 4 is 40.8 Å². The molecule has 0 radical (unpaired) electrons. The monoisotopic (exact) mass is 345 g/mol. The standard InChI is InChI=1S/C14H10Cl3NO3/c1-21-14-12(7(2-3-18-14)4-11(19)20)13-9(16)5-8(15)6-10(13)17/h2-3,5-6H,4H2,1H3,(H,19,20). The Balaban J connectivity index is 2.75. The first-order chi connectivity index (χ1) is 9.93. The van der Waals surface area contributed by atoms with Crippen LogP contribution in [0.25, 0.3) is 11.1 Å². The smallest absolute Gasteiger partial charge is 0.307 e. The van der Waals surface area contributed by atoms with Crippen LogP contribution in [0.3, 0.4) is 0 Å². The van der Waals surface area contributed by atoms with Crippen molar-refractivity contribution in [3.8, 4) is 17.0 Å². The van der Waals surface area contributed by atoms with E-state index in [2.05, 4.69) is 4.98 Å². The van der Waals surface area contributed by atoms with Crippen molar-refractivity contribution in [2.24, 2.45) is 0 Å². The number of halogens is 3. The van der Waals surface area contributed by atoms with Gasteiger partial charge in [-0.15, -0.1) is 0 Å². The molecular formula is C14H10Cl3NO3. The van der Waals surface area contributed by atoms with Crippen LogP contribution in [0, 0.1) is 0 Å². The lowest BCUT2D eigenvalue weighted by Gasteiger charge is -2.15. The van der Waals surface area contributed by atoms with E-state index in [9.17, 15) is 4.79 Å². The Hall–Kier alpha value is -1.49. The molecule has 0 saturated carbocycles. The number of hydrogen-bond donors (Lipinski definition) is 1. The van der Waals surface area contributed by atoms with Gasteiger partial charge in [-0.1, -0.05) is 34.8 Å². The molecule has 1 N–H and O–H groups in total. The van der Waals surface area contributed by atoms with Gasteiger partial charge >= 0.3 is 5.97 Å². The van der Waals surface area contributed by atoms with E-state index in [0.717, 1.165) is 0 Å². The molecule has 0 atom stereocenters. The molecule has 0 unspecified atom stereocenters. The number of carboxylic acids is 1. The lowest BCUT2D eigenvalue weighted by molar-refractivity contribution is -0.136. The topological polar surface area (TPSA) is 59.4 Å². The van der Waals surface area contributed by atoms with Gasteiger partial charge in [-0.05, 0) is 23.8 Å². The van der Waals surface area contributed by atoms with E-state index in [-0.39, 0.29) is 12.3 Å². The van der Waals surface area contributed by atoms with Crippen molar-refractivity contribution in [1.82, 2.24) is 4.98 Å². The zero-order valence-corrected chi connectivity index (χ0v) is 13.1. The number of ether oxygens (including phenoxy) is 1. The quantitative estimate of drug-likeness (QED) is 0.894. The van der Waals surface area contributed by atoms with Gasteiger partial charge in [-0.3, -0.25) is 4.79 Å². The molecule has 110 valence electrons. The van der Waals surface area contributed by atoms with E-state index in [4.69, 9.17) is 44.6 Å². The number of carboxylic acid groups (broad SMARTS) is 1. The first kappa shape index (κ1) is 15.9. The first-order valence-electron chi connectivity index (χ1n) is 5.82. The van der Waals surface area contributed by atoms with Gasteiger partial charge in [0.05, 0.1) is 29.1 Å². The van der Waals surface area contributed by atoms with Crippen LogP contribution in [0.5, 0.6) is 5.88 Å². The molecule has 0 aliphatic rings. The molecule has 2 aromatic rings. The fourth-order valence-corrected chi connectivity index (χ4v) is 3.00. The first-order valence-corrected chi connectivity index (χ1v) is 6.96. The summed E-state index contributed by atoms with van der Waals surface area (Å²) in [7, 11) is 1.44. The Morgan fingerprint density at radius 2 is 1.86 bits per heavy atom. The number of hydrogen-bond acceptors (Lipinski definition) is 3. The van der Waals surface area contributed by atoms with Crippen molar-refractivity contribution in [3.63, 3.8) is 0 Å². The molecule has 0 bridgehead atoms. The molecule has 7 heteroatoms. The number of nitrogens with zero attached hydrogens (tertiary/aromatic N) is 1. The predicted molar refractivity (Wildman–Crippen MR) is 82.6 cm³/mol. The minimum atomic E-state index is -0.981. The Bertz CT molecular complexity index is 681. The van der Waals surface area contributed by atoms with Gasteiger partial charge in [0, 0.05) is 16.8 Å². The molecule has 0 spiro atoms. The minimum absolute atomic E-state index is 0.205. The van der Waals surface area contributed by atoms with Gasteiger partial charge in [0.2, 0.25) is 5.88 Å². The van der Waals surface area contributed by atoms with Gasteiger partial charge in [0.15, 0.2) is 0 Å². The van der Waals surface area contributed by atoms with Gasteiger partial charge in [-0.2, -0.15) is 0 Å². The highest BCUT2D eigenvalue weighted by Gasteiger charge is 2.20. The van der Waals surface area contributed by atoms with Crippen LogP contribution in [0.1, 0.15) is 5.56 Å². The van der Waals surface area contributed by atoms with Crippen LogP contribution in [0.2, 0.25) is 15.1 Å². The van der Waals surface area contributed by atoms with E-state index in [1.54, 1.807) is 6.07 Å². The second-order valence-electron chi connectivity index (χ2n) is 4.17. The number of carbonyl (C=O) groups is 1. The van der Waals surface area contributed by atoms with Gasteiger partial charge in [-0.25, -0.2) is 4.98 Å². The molecule has 1 aromatic carbocycles. The number of pyridine rings is 1. The van der Waals surface area contributed by atoms with Crippen LogP contribution in [-0.4, -0.2) is 23.2 Å². The van der Waals surface area contributed by atoms with E-state index in [1.165, 1.54) is 25.4 Å². The third-order valence-corrected chi connectivity index (χ3v) is 3.61. The van der Waals surface area contributed by atoms with E-state index < -0.39 is 5.97 Å². The summed E-state index contributed by atoms with van der Waals surface area (Å²) in [5, 5.41) is 10.0. The van der Waals surface area contributed by atoms with Gasteiger partial charge in [0.25, 0.3) is 0 Å². The molecular weight excluding hydrogens is 337 g/mol. The van der Waals surface area contributed by atoms with Crippen molar-refractivity contribution in [1.29, 1.82) is 0 Å². The molecule has 0 fully saturated rings. The Kier molecular flexibility index (Phi) is 4.93. The predicted octanol–water partition coefficient (Wildman–Crippen LogP) is 4.34.